The highest BCUT2D eigenvalue weighted by atomic mass is 19.1. The third-order valence-electron chi connectivity index (χ3n) is 2.86. The Morgan fingerprint density at radius 3 is 2.23 bits per heavy atom. The number of hydrogen-bond acceptors (Lipinski definition) is 2. The molecule has 1 aliphatic heterocycles. The number of hydrogen-bond donors (Lipinski definition) is 0. The molecule has 2 fully saturated rings. The van der Waals surface area contributed by atoms with Crippen molar-refractivity contribution in [2.45, 2.75) is 18.5 Å². The lowest BCUT2D eigenvalue weighted by Crippen LogP contribution is -2.50. The molecule has 1 amide bonds. The van der Waals surface area contributed by atoms with Crippen molar-refractivity contribution in [3.63, 3.8) is 0 Å². The van der Waals surface area contributed by atoms with Gasteiger partial charge < -0.3 is 9.80 Å². The molecule has 0 N–H and O–H groups in total. The van der Waals surface area contributed by atoms with Crippen molar-refractivity contribution in [1.29, 1.82) is 0 Å². The maximum Gasteiger partial charge on any atom is 0.260 e. The highest BCUT2D eigenvalue weighted by Crippen LogP contribution is 2.41. The first-order valence-electron chi connectivity index (χ1n) is 4.79. The normalized spacial score (nSPS) is 27.4. The smallest absolute Gasteiger partial charge is 0.260 e. The van der Waals surface area contributed by atoms with Crippen LogP contribution < -0.4 is 0 Å². The van der Waals surface area contributed by atoms with Crippen LogP contribution in [0.5, 0.6) is 0 Å². The summed E-state index contributed by atoms with van der Waals surface area (Å²) >= 11 is 0. The second kappa shape index (κ2) is 2.94. The lowest BCUT2D eigenvalue weighted by molar-refractivity contribution is -0.139. The number of piperazine rings is 1. The molecule has 0 bridgehead atoms. The van der Waals surface area contributed by atoms with Gasteiger partial charge in [-0.3, -0.25) is 4.79 Å². The number of amides is 1. The molecule has 0 radical (unpaired) electrons. The summed E-state index contributed by atoms with van der Waals surface area (Å²) < 4.78 is 13.4. The highest BCUT2D eigenvalue weighted by molar-refractivity contribution is 5.88. The number of carbonyl (C=O) groups excluding carboxylic acids is 1. The lowest BCUT2D eigenvalue weighted by atomic mass is 10.2. The van der Waals surface area contributed by atoms with E-state index in [1.165, 1.54) is 0 Å². The molecule has 2 aliphatic rings. The molecule has 2 rings (SSSR count). The third kappa shape index (κ3) is 1.68. The van der Waals surface area contributed by atoms with Gasteiger partial charge in [0, 0.05) is 26.2 Å². The van der Waals surface area contributed by atoms with Crippen LogP contribution in [0.3, 0.4) is 0 Å². The number of carbonyl (C=O) groups is 1. The molecule has 1 saturated heterocycles. The Labute approximate surface area is 77.5 Å². The second-order valence-electron chi connectivity index (χ2n) is 4.06. The number of likely N-dealkylation sites (N-methyl/N-ethyl adjacent to an activating group) is 1. The summed E-state index contributed by atoms with van der Waals surface area (Å²) in [6.45, 7) is 3.09. The average molecular weight is 186 g/mol. The van der Waals surface area contributed by atoms with Crippen LogP contribution in [0.25, 0.3) is 0 Å². The SMILES string of the molecule is CN1CCN(C(=O)C2(F)CC2)CC1. The van der Waals surface area contributed by atoms with Crippen molar-refractivity contribution >= 4 is 5.91 Å². The van der Waals surface area contributed by atoms with E-state index in [4.69, 9.17) is 0 Å². The predicted octanol–water partition coefficient (Wildman–Crippen LogP) is 0.262. The van der Waals surface area contributed by atoms with Crippen molar-refractivity contribution in [3.8, 4) is 0 Å². The van der Waals surface area contributed by atoms with Crippen LogP contribution in [0.4, 0.5) is 4.39 Å². The van der Waals surface area contributed by atoms with Gasteiger partial charge in [0.15, 0.2) is 5.67 Å². The van der Waals surface area contributed by atoms with E-state index in [1.54, 1.807) is 4.90 Å². The zero-order chi connectivity index (χ0) is 9.47. The summed E-state index contributed by atoms with van der Waals surface area (Å²) in [5.41, 5.74) is -1.48. The first kappa shape index (κ1) is 8.94. The van der Waals surface area contributed by atoms with Crippen molar-refractivity contribution in [2.24, 2.45) is 0 Å². The molecule has 0 aromatic rings. The number of nitrogens with zero attached hydrogens (tertiary/aromatic N) is 2. The van der Waals surface area contributed by atoms with E-state index in [2.05, 4.69) is 4.90 Å². The van der Waals surface area contributed by atoms with Gasteiger partial charge in [0.25, 0.3) is 5.91 Å². The number of rotatable bonds is 1. The molecule has 3 nitrogen and oxygen atoms in total. The Morgan fingerprint density at radius 2 is 1.77 bits per heavy atom. The van der Waals surface area contributed by atoms with E-state index in [0.717, 1.165) is 13.1 Å². The average Bonchev–Trinajstić information content (AvgIpc) is 2.85. The highest BCUT2D eigenvalue weighted by Gasteiger charge is 2.52. The zero-order valence-corrected chi connectivity index (χ0v) is 7.92. The summed E-state index contributed by atoms with van der Waals surface area (Å²) in [5, 5.41) is 0. The topological polar surface area (TPSA) is 23.6 Å². The fourth-order valence-corrected chi connectivity index (χ4v) is 1.62. The molecule has 0 unspecified atom stereocenters. The quantitative estimate of drug-likeness (QED) is 0.586. The summed E-state index contributed by atoms with van der Waals surface area (Å²) in [6, 6.07) is 0. The van der Waals surface area contributed by atoms with E-state index < -0.39 is 5.67 Å². The van der Waals surface area contributed by atoms with E-state index >= 15 is 0 Å². The minimum atomic E-state index is -1.48. The first-order valence-corrected chi connectivity index (χ1v) is 4.79. The second-order valence-corrected chi connectivity index (χ2v) is 4.06. The molecular formula is C9H15FN2O. The first-order chi connectivity index (χ1) is 6.12. The monoisotopic (exact) mass is 186 g/mol. The molecule has 74 valence electrons. The Bertz CT molecular complexity index is 220. The summed E-state index contributed by atoms with van der Waals surface area (Å²) in [6.07, 6.45) is 0.857. The Balaban J connectivity index is 1.91. The van der Waals surface area contributed by atoms with E-state index in [0.29, 0.717) is 25.9 Å². The van der Waals surface area contributed by atoms with Crippen LogP contribution in [-0.4, -0.2) is 54.6 Å². The maximum absolute atomic E-state index is 13.4. The summed E-state index contributed by atoms with van der Waals surface area (Å²) in [4.78, 5) is 15.3. The molecule has 1 heterocycles. The predicted molar refractivity (Wildman–Crippen MR) is 47.2 cm³/mol. The van der Waals surface area contributed by atoms with E-state index in [1.807, 2.05) is 7.05 Å². The van der Waals surface area contributed by atoms with Crippen molar-refractivity contribution in [2.75, 3.05) is 33.2 Å². The van der Waals surface area contributed by atoms with Crippen LogP contribution in [0.15, 0.2) is 0 Å². The minimum absolute atomic E-state index is 0.277. The lowest BCUT2D eigenvalue weighted by Gasteiger charge is -2.33. The van der Waals surface area contributed by atoms with Gasteiger partial charge in [-0.2, -0.15) is 0 Å². The molecule has 0 spiro atoms. The number of halogens is 1. The van der Waals surface area contributed by atoms with Gasteiger partial charge in [0.1, 0.15) is 0 Å². The molecule has 1 saturated carbocycles. The van der Waals surface area contributed by atoms with Gasteiger partial charge in [-0.05, 0) is 19.9 Å². The van der Waals surface area contributed by atoms with Gasteiger partial charge in [-0.15, -0.1) is 0 Å². The van der Waals surface area contributed by atoms with Crippen molar-refractivity contribution < 1.29 is 9.18 Å². The van der Waals surface area contributed by atoms with Gasteiger partial charge >= 0.3 is 0 Å². The minimum Gasteiger partial charge on any atom is -0.337 e. The number of alkyl halides is 1. The van der Waals surface area contributed by atoms with Crippen LogP contribution in [-0.2, 0) is 4.79 Å². The van der Waals surface area contributed by atoms with Crippen molar-refractivity contribution in [1.82, 2.24) is 9.80 Å². The molecule has 0 atom stereocenters. The summed E-state index contributed by atoms with van der Waals surface area (Å²) in [7, 11) is 2.02. The molecule has 0 aromatic heterocycles. The van der Waals surface area contributed by atoms with Gasteiger partial charge in [-0.25, -0.2) is 4.39 Å². The van der Waals surface area contributed by atoms with Crippen LogP contribution in [0, 0.1) is 0 Å². The standard InChI is InChI=1S/C9H15FN2O/c1-11-4-6-12(7-5-11)8(13)9(10)2-3-9/h2-7H2,1H3. The summed E-state index contributed by atoms with van der Waals surface area (Å²) in [5.74, 6) is -0.277. The Kier molecular flexibility index (Phi) is 2.02. The van der Waals surface area contributed by atoms with Crippen LogP contribution in [0.2, 0.25) is 0 Å². The molecule has 0 aromatic carbocycles. The fraction of sp³-hybridized carbons (Fsp3) is 0.889. The van der Waals surface area contributed by atoms with Gasteiger partial charge in [0.05, 0.1) is 0 Å². The van der Waals surface area contributed by atoms with Crippen LogP contribution >= 0.6 is 0 Å². The molecule has 13 heavy (non-hydrogen) atoms. The fourth-order valence-electron chi connectivity index (χ4n) is 1.62. The zero-order valence-electron chi connectivity index (χ0n) is 7.92. The Morgan fingerprint density at radius 1 is 1.23 bits per heavy atom. The maximum atomic E-state index is 13.4. The molecule has 1 aliphatic carbocycles. The Hall–Kier alpha value is -0.640. The van der Waals surface area contributed by atoms with E-state index in [9.17, 15) is 9.18 Å². The van der Waals surface area contributed by atoms with Gasteiger partial charge in [-0.1, -0.05) is 0 Å². The molecular weight excluding hydrogens is 171 g/mol. The van der Waals surface area contributed by atoms with Gasteiger partial charge in [0.2, 0.25) is 0 Å². The third-order valence-corrected chi connectivity index (χ3v) is 2.86. The van der Waals surface area contributed by atoms with Crippen molar-refractivity contribution in [3.05, 3.63) is 0 Å². The largest absolute Gasteiger partial charge is 0.337 e. The van der Waals surface area contributed by atoms with E-state index in [-0.39, 0.29) is 5.91 Å². The molecule has 4 heteroatoms. The van der Waals surface area contributed by atoms with Crippen LogP contribution in [0.1, 0.15) is 12.8 Å².